The quantitative estimate of drug-likeness (QED) is 0.942. The Kier molecular flexibility index (Phi) is 2.99. The molecular formula is C13H14BrN3O. The molecule has 3 rings (SSSR count). The summed E-state index contributed by atoms with van der Waals surface area (Å²) in [6, 6.07) is 6.30. The second-order valence-corrected chi connectivity index (χ2v) is 5.42. The second kappa shape index (κ2) is 4.65. The zero-order valence-corrected chi connectivity index (χ0v) is 11.4. The fourth-order valence-electron chi connectivity index (χ4n) is 2.02. The number of aromatic nitrogens is 1. The first-order valence-corrected chi connectivity index (χ1v) is 6.73. The van der Waals surface area contributed by atoms with E-state index in [1.165, 1.54) is 12.8 Å². The van der Waals surface area contributed by atoms with Gasteiger partial charge in [0.25, 0.3) is 0 Å². The Balaban J connectivity index is 1.89. The number of hydrogen-bond acceptors (Lipinski definition) is 4. The van der Waals surface area contributed by atoms with Gasteiger partial charge in [0.2, 0.25) is 0 Å². The smallest absolute Gasteiger partial charge is 0.152 e. The zero-order valence-electron chi connectivity index (χ0n) is 9.84. The van der Waals surface area contributed by atoms with Crippen molar-refractivity contribution in [2.75, 3.05) is 10.6 Å². The predicted octanol–water partition coefficient (Wildman–Crippen LogP) is 3.19. The maximum absolute atomic E-state index is 6.05. The van der Waals surface area contributed by atoms with Crippen LogP contribution in [0.3, 0.4) is 0 Å². The molecule has 1 aliphatic rings. The maximum Gasteiger partial charge on any atom is 0.152 e. The number of anilines is 2. The van der Waals surface area contributed by atoms with Crippen LogP contribution in [-0.4, -0.2) is 11.0 Å². The second-order valence-electron chi connectivity index (χ2n) is 4.50. The van der Waals surface area contributed by atoms with E-state index in [1.807, 2.05) is 18.2 Å². The highest BCUT2D eigenvalue weighted by Gasteiger charge is 2.31. The van der Waals surface area contributed by atoms with Crippen LogP contribution in [0, 0.1) is 0 Å². The van der Waals surface area contributed by atoms with E-state index in [1.54, 1.807) is 12.5 Å². The molecule has 5 heteroatoms. The molecule has 0 radical (unpaired) electrons. The fraction of sp³-hybridized carbons (Fsp3) is 0.308. The molecule has 0 unspecified atom stereocenters. The highest BCUT2D eigenvalue weighted by molar-refractivity contribution is 9.10. The lowest BCUT2D eigenvalue weighted by atomic mass is 10.3. The van der Waals surface area contributed by atoms with Crippen LogP contribution < -0.4 is 10.6 Å². The van der Waals surface area contributed by atoms with Crippen LogP contribution in [0.2, 0.25) is 0 Å². The standard InChI is InChI=1S/C13H14BrN3O/c14-9-6-12(15)13(16-7-9)17(10-3-4-10)8-11-2-1-5-18-11/h1-2,5-7,10H,3-4,8,15H2. The van der Waals surface area contributed by atoms with Gasteiger partial charge in [-0.25, -0.2) is 4.98 Å². The average Bonchev–Trinajstić information content (AvgIpc) is 3.05. The first kappa shape index (κ1) is 11.6. The summed E-state index contributed by atoms with van der Waals surface area (Å²) in [6.45, 7) is 0.719. The lowest BCUT2D eigenvalue weighted by molar-refractivity contribution is 0.500. The van der Waals surface area contributed by atoms with Crippen molar-refractivity contribution in [3.8, 4) is 0 Å². The largest absolute Gasteiger partial charge is 0.467 e. The van der Waals surface area contributed by atoms with Gasteiger partial charge in [-0.2, -0.15) is 0 Å². The minimum absolute atomic E-state index is 0.533. The molecule has 18 heavy (non-hydrogen) atoms. The number of hydrogen-bond donors (Lipinski definition) is 1. The van der Waals surface area contributed by atoms with E-state index >= 15 is 0 Å². The molecule has 0 aromatic carbocycles. The Hall–Kier alpha value is -1.49. The molecule has 0 spiro atoms. The zero-order chi connectivity index (χ0) is 12.5. The van der Waals surface area contributed by atoms with E-state index in [4.69, 9.17) is 10.2 Å². The number of nitrogen functional groups attached to an aromatic ring is 1. The molecule has 2 aromatic rings. The number of nitrogens with two attached hydrogens (primary N) is 1. The monoisotopic (exact) mass is 307 g/mol. The van der Waals surface area contributed by atoms with Crippen LogP contribution in [0.25, 0.3) is 0 Å². The summed E-state index contributed by atoms with van der Waals surface area (Å²) in [5.74, 6) is 1.78. The van der Waals surface area contributed by atoms with Gasteiger partial charge in [-0.05, 0) is 47.0 Å². The van der Waals surface area contributed by atoms with Gasteiger partial charge < -0.3 is 15.1 Å². The molecule has 94 valence electrons. The normalized spacial score (nSPS) is 14.7. The van der Waals surface area contributed by atoms with Gasteiger partial charge in [0.05, 0.1) is 18.5 Å². The third-order valence-corrected chi connectivity index (χ3v) is 3.46. The van der Waals surface area contributed by atoms with Crippen LogP contribution >= 0.6 is 15.9 Å². The summed E-state index contributed by atoms with van der Waals surface area (Å²) in [7, 11) is 0. The maximum atomic E-state index is 6.05. The number of furan rings is 1. The Bertz CT molecular complexity index is 537. The number of halogens is 1. The van der Waals surface area contributed by atoms with E-state index in [9.17, 15) is 0 Å². The van der Waals surface area contributed by atoms with Gasteiger partial charge in [0.15, 0.2) is 5.82 Å². The molecule has 0 bridgehead atoms. The van der Waals surface area contributed by atoms with Crippen LogP contribution in [0.1, 0.15) is 18.6 Å². The van der Waals surface area contributed by atoms with Crippen molar-refractivity contribution in [3.63, 3.8) is 0 Å². The van der Waals surface area contributed by atoms with Gasteiger partial charge in [0, 0.05) is 16.7 Å². The van der Waals surface area contributed by atoms with Gasteiger partial charge in [0.1, 0.15) is 5.76 Å². The third-order valence-electron chi connectivity index (χ3n) is 3.03. The average molecular weight is 308 g/mol. The third kappa shape index (κ3) is 2.36. The Morgan fingerprint density at radius 2 is 2.33 bits per heavy atom. The van der Waals surface area contributed by atoms with Crippen LogP contribution in [0.5, 0.6) is 0 Å². The van der Waals surface area contributed by atoms with Crippen molar-refractivity contribution in [2.24, 2.45) is 0 Å². The van der Waals surface area contributed by atoms with Crippen LogP contribution in [0.15, 0.2) is 39.5 Å². The minimum atomic E-state index is 0.533. The van der Waals surface area contributed by atoms with Gasteiger partial charge in [-0.15, -0.1) is 0 Å². The Morgan fingerprint density at radius 1 is 1.50 bits per heavy atom. The molecule has 0 aliphatic heterocycles. The molecule has 1 fully saturated rings. The van der Waals surface area contributed by atoms with Crippen molar-refractivity contribution in [2.45, 2.75) is 25.4 Å². The minimum Gasteiger partial charge on any atom is -0.467 e. The summed E-state index contributed by atoms with van der Waals surface area (Å²) >= 11 is 3.38. The highest BCUT2D eigenvalue weighted by Crippen LogP contribution is 2.35. The molecule has 0 atom stereocenters. The molecular weight excluding hydrogens is 294 g/mol. The number of pyridine rings is 1. The van der Waals surface area contributed by atoms with E-state index in [0.717, 1.165) is 22.6 Å². The van der Waals surface area contributed by atoms with Crippen molar-refractivity contribution >= 4 is 27.4 Å². The first-order valence-electron chi connectivity index (χ1n) is 5.94. The molecule has 2 aromatic heterocycles. The summed E-state index contributed by atoms with van der Waals surface area (Å²) in [5, 5.41) is 0. The molecule has 0 saturated heterocycles. The van der Waals surface area contributed by atoms with E-state index in [2.05, 4.69) is 25.8 Å². The van der Waals surface area contributed by atoms with Gasteiger partial charge in [-0.1, -0.05) is 0 Å². The Labute approximate surface area is 114 Å². The molecule has 2 heterocycles. The Morgan fingerprint density at radius 3 is 2.94 bits per heavy atom. The first-order chi connectivity index (χ1) is 8.74. The van der Waals surface area contributed by atoms with Crippen molar-refractivity contribution in [1.29, 1.82) is 0 Å². The highest BCUT2D eigenvalue weighted by atomic mass is 79.9. The number of rotatable bonds is 4. The summed E-state index contributed by atoms with van der Waals surface area (Å²) in [4.78, 5) is 6.66. The lowest BCUT2D eigenvalue weighted by Crippen LogP contribution is -2.26. The van der Waals surface area contributed by atoms with E-state index < -0.39 is 0 Å². The predicted molar refractivity (Wildman–Crippen MR) is 74.3 cm³/mol. The van der Waals surface area contributed by atoms with Crippen molar-refractivity contribution in [1.82, 2.24) is 4.98 Å². The molecule has 0 amide bonds. The van der Waals surface area contributed by atoms with Crippen molar-refractivity contribution in [3.05, 3.63) is 40.9 Å². The molecule has 1 aliphatic carbocycles. The lowest BCUT2D eigenvalue weighted by Gasteiger charge is -2.23. The number of nitrogens with zero attached hydrogens (tertiary/aromatic N) is 2. The van der Waals surface area contributed by atoms with E-state index in [0.29, 0.717) is 11.7 Å². The molecule has 2 N–H and O–H groups in total. The van der Waals surface area contributed by atoms with Crippen molar-refractivity contribution < 1.29 is 4.42 Å². The van der Waals surface area contributed by atoms with Crippen LogP contribution in [-0.2, 0) is 6.54 Å². The molecule has 4 nitrogen and oxygen atoms in total. The fourth-order valence-corrected chi connectivity index (χ4v) is 2.37. The van der Waals surface area contributed by atoms with Crippen LogP contribution in [0.4, 0.5) is 11.5 Å². The summed E-state index contributed by atoms with van der Waals surface area (Å²) in [5.41, 5.74) is 6.75. The summed E-state index contributed by atoms with van der Waals surface area (Å²) < 4.78 is 6.31. The van der Waals surface area contributed by atoms with E-state index in [-0.39, 0.29) is 0 Å². The molecule has 1 saturated carbocycles. The topological polar surface area (TPSA) is 55.3 Å². The summed E-state index contributed by atoms with van der Waals surface area (Å²) in [6.07, 6.45) is 5.86. The SMILES string of the molecule is Nc1cc(Br)cnc1N(Cc1ccco1)C1CC1. The van der Waals surface area contributed by atoms with Gasteiger partial charge in [-0.3, -0.25) is 0 Å². The van der Waals surface area contributed by atoms with Gasteiger partial charge >= 0.3 is 0 Å².